The minimum atomic E-state index is 0.311. The van der Waals surface area contributed by atoms with Gasteiger partial charge >= 0.3 is 0 Å². The highest BCUT2D eigenvalue weighted by Gasteiger charge is 2.54. The summed E-state index contributed by atoms with van der Waals surface area (Å²) in [5, 5.41) is 0.355. The summed E-state index contributed by atoms with van der Waals surface area (Å²) in [6, 6.07) is 0. The van der Waals surface area contributed by atoms with E-state index in [-0.39, 0.29) is 0 Å². The van der Waals surface area contributed by atoms with Crippen LogP contribution in [-0.2, 0) is 9.47 Å². The van der Waals surface area contributed by atoms with E-state index in [9.17, 15) is 0 Å². The van der Waals surface area contributed by atoms with Gasteiger partial charge in [-0.15, -0.1) is 11.6 Å². The van der Waals surface area contributed by atoms with Gasteiger partial charge in [-0.3, -0.25) is 0 Å². The average molecular weight is 261 g/mol. The van der Waals surface area contributed by atoms with E-state index in [0.29, 0.717) is 16.9 Å². The number of halogens is 1. The maximum atomic E-state index is 6.49. The smallest absolute Gasteiger partial charge is 0.0659 e. The van der Waals surface area contributed by atoms with Crippen molar-refractivity contribution < 1.29 is 9.47 Å². The largest absolute Gasteiger partial charge is 0.385 e. The van der Waals surface area contributed by atoms with Crippen LogP contribution in [0.3, 0.4) is 0 Å². The monoisotopic (exact) mass is 260 g/mol. The van der Waals surface area contributed by atoms with Gasteiger partial charge in [-0.25, -0.2) is 0 Å². The van der Waals surface area contributed by atoms with Gasteiger partial charge in [0.15, 0.2) is 0 Å². The lowest BCUT2D eigenvalue weighted by Gasteiger charge is -2.53. The molecule has 0 aromatic rings. The fourth-order valence-electron chi connectivity index (χ4n) is 3.38. The van der Waals surface area contributed by atoms with E-state index in [4.69, 9.17) is 21.1 Å². The van der Waals surface area contributed by atoms with Crippen molar-refractivity contribution in [1.82, 2.24) is 0 Å². The van der Waals surface area contributed by atoms with E-state index in [2.05, 4.69) is 0 Å². The zero-order chi connectivity index (χ0) is 12.1. The first-order valence-electron chi connectivity index (χ1n) is 7.04. The Morgan fingerprint density at radius 1 is 1.12 bits per heavy atom. The number of hydrogen-bond acceptors (Lipinski definition) is 2. The Balaban J connectivity index is 1.81. The van der Waals surface area contributed by atoms with Crippen LogP contribution >= 0.6 is 11.6 Å². The van der Waals surface area contributed by atoms with E-state index in [1.807, 2.05) is 0 Å². The van der Waals surface area contributed by atoms with Gasteiger partial charge in [0.2, 0.25) is 0 Å². The SMILES string of the molecule is COCCCOC1CC(Cl)C12CCCCCC2. The molecule has 0 radical (unpaired) electrons. The van der Waals surface area contributed by atoms with E-state index < -0.39 is 0 Å². The topological polar surface area (TPSA) is 18.5 Å². The first-order chi connectivity index (χ1) is 8.29. The van der Waals surface area contributed by atoms with Gasteiger partial charge in [0.25, 0.3) is 0 Å². The molecule has 0 heterocycles. The Labute approximate surface area is 110 Å². The van der Waals surface area contributed by atoms with E-state index in [1.165, 1.54) is 38.5 Å². The molecule has 0 aromatic heterocycles. The van der Waals surface area contributed by atoms with Crippen molar-refractivity contribution in [2.75, 3.05) is 20.3 Å². The Bertz CT molecular complexity index is 224. The second kappa shape index (κ2) is 6.40. The van der Waals surface area contributed by atoms with Gasteiger partial charge in [-0.1, -0.05) is 25.7 Å². The predicted molar refractivity (Wildman–Crippen MR) is 70.6 cm³/mol. The third kappa shape index (κ3) is 2.97. The highest BCUT2D eigenvalue weighted by atomic mass is 35.5. The Morgan fingerprint density at radius 3 is 2.41 bits per heavy atom. The van der Waals surface area contributed by atoms with Crippen molar-refractivity contribution in [2.24, 2.45) is 5.41 Å². The molecular formula is C14H25ClO2. The van der Waals surface area contributed by atoms with Gasteiger partial charge in [0.05, 0.1) is 6.10 Å². The lowest BCUT2D eigenvalue weighted by atomic mass is 9.61. The second-order valence-electron chi connectivity index (χ2n) is 5.56. The molecule has 2 fully saturated rings. The summed E-state index contributed by atoms with van der Waals surface area (Å²) in [7, 11) is 1.74. The Kier molecular flexibility index (Phi) is 5.13. The summed E-state index contributed by atoms with van der Waals surface area (Å²) in [4.78, 5) is 0. The average Bonchev–Trinajstić information content (AvgIpc) is 2.60. The van der Waals surface area contributed by atoms with Gasteiger partial charge in [0, 0.05) is 31.1 Å². The van der Waals surface area contributed by atoms with Crippen LogP contribution in [0.2, 0.25) is 0 Å². The zero-order valence-electron chi connectivity index (χ0n) is 10.9. The van der Waals surface area contributed by atoms with Crippen LogP contribution in [0.25, 0.3) is 0 Å². The molecule has 2 saturated carbocycles. The number of hydrogen-bond donors (Lipinski definition) is 0. The van der Waals surface area contributed by atoms with Crippen molar-refractivity contribution >= 4 is 11.6 Å². The molecule has 0 aromatic carbocycles. The summed E-state index contributed by atoms with van der Waals surface area (Å²) in [5.74, 6) is 0. The predicted octanol–water partition coefficient (Wildman–Crippen LogP) is 3.76. The molecule has 0 saturated heterocycles. The lowest BCUT2D eigenvalue weighted by molar-refractivity contribution is -0.117. The lowest BCUT2D eigenvalue weighted by Crippen LogP contribution is -2.55. The second-order valence-corrected chi connectivity index (χ2v) is 6.08. The molecule has 2 aliphatic carbocycles. The quantitative estimate of drug-likeness (QED) is 0.554. The molecule has 0 aliphatic heterocycles. The first-order valence-corrected chi connectivity index (χ1v) is 7.48. The molecule has 2 rings (SSSR count). The number of ether oxygens (including phenoxy) is 2. The van der Waals surface area contributed by atoms with Crippen LogP contribution in [0, 0.1) is 5.41 Å². The van der Waals surface area contributed by atoms with E-state index in [0.717, 1.165) is 26.1 Å². The van der Waals surface area contributed by atoms with Crippen molar-refractivity contribution in [1.29, 1.82) is 0 Å². The molecule has 1 spiro atoms. The Morgan fingerprint density at radius 2 is 1.82 bits per heavy atom. The molecule has 100 valence electrons. The van der Waals surface area contributed by atoms with Crippen molar-refractivity contribution in [3.63, 3.8) is 0 Å². The van der Waals surface area contributed by atoms with E-state index >= 15 is 0 Å². The molecule has 17 heavy (non-hydrogen) atoms. The normalized spacial score (nSPS) is 32.1. The first kappa shape index (κ1) is 13.6. The standard InChI is InChI=1S/C14H25ClO2/c1-16-9-6-10-17-13-11-12(15)14(13)7-4-2-3-5-8-14/h12-13H,2-11H2,1H3. The van der Waals surface area contributed by atoms with Crippen molar-refractivity contribution in [3.05, 3.63) is 0 Å². The highest BCUT2D eigenvalue weighted by molar-refractivity contribution is 6.21. The van der Waals surface area contributed by atoms with Crippen LogP contribution < -0.4 is 0 Å². The zero-order valence-corrected chi connectivity index (χ0v) is 11.7. The Hall–Kier alpha value is 0.210. The maximum Gasteiger partial charge on any atom is 0.0659 e. The molecule has 0 amide bonds. The minimum absolute atomic E-state index is 0.311. The van der Waals surface area contributed by atoms with Crippen LogP contribution in [0.5, 0.6) is 0 Å². The van der Waals surface area contributed by atoms with Crippen molar-refractivity contribution in [3.8, 4) is 0 Å². The van der Waals surface area contributed by atoms with Gasteiger partial charge in [0.1, 0.15) is 0 Å². The van der Waals surface area contributed by atoms with Crippen LogP contribution in [0.15, 0.2) is 0 Å². The van der Waals surface area contributed by atoms with Crippen molar-refractivity contribution in [2.45, 2.75) is 62.8 Å². The number of methoxy groups -OCH3 is 1. The van der Waals surface area contributed by atoms with Gasteiger partial charge < -0.3 is 9.47 Å². The minimum Gasteiger partial charge on any atom is -0.385 e. The van der Waals surface area contributed by atoms with Crippen LogP contribution in [0.4, 0.5) is 0 Å². The molecule has 0 bridgehead atoms. The fraction of sp³-hybridized carbons (Fsp3) is 1.00. The number of alkyl halides is 1. The molecule has 0 N–H and O–H groups in total. The summed E-state index contributed by atoms with van der Waals surface area (Å²) in [6.07, 6.45) is 10.4. The van der Waals surface area contributed by atoms with Gasteiger partial charge in [-0.05, 0) is 25.7 Å². The summed E-state index contributed by atoms with van der Waals surface area (Å²) in [6.45, 7) is 1.62. The molecule has 2 atom stereocenters. The molecule has 2 aliphatic rings. The van der Waals surface area contributed by atoms with E-state index in [1.54, 1.807) is 7.11 Å². The number of rotatable bonds is 5. The van der Waals surface area contributed by atoms with Crippen LogP contribution in [-0.4, -0.2) is 31.8 Å². The third-order valence-electron chi connectivity index (χ3n) is 4.53. The fourth-order valence-corrected chi connectivity index (χ4v) is 3.90. The molecule has 2 nitrogen and oxygen atoms in total. The summed E-state index contributed by atoms with van der Waals surface area (Å²) in [5.41, 5.74) is 0.311. The molecule has 3 heteroatoms. The third-order valence-corrected chi connectivity index (χ3v) is 5.15. The van der Waals surface area contributed by atoms with Crippen LogP contribution in [0.1, 0.15) is 51.4 Å². The molecular weight excluding hydrogens is 236 g/mol. The summed E-state index contributed by atoms with van der Waals surface area (Å²) < 4.78 is 11.1. The highest BCUT2D eigenvalue weighted by Crippen LogP contribution is 2.54. The molecule has 2 unspecified atom stereocenters. The maximum absolute atomic E-state index is 6.49. The summed E-state index contributed by atoms with van der Waals surface area (Å²) >= 11 is 6.49. The van der Waals surface area contributed by atoms with Gasteiger partial charge in [-0.2, -0.15) is 0 Å².